The minimum Gasteiger partial charge on any atom is -0.309 e. The topological polar surface area (TPSA) is 12.0 Å². The van der Waals surface area contributed by atoms with Crippen LogP contribution >= 0.6 is 11.6 Å². The Morgan fingerprint density at radius 3 is 2.39 bits per heavy atom. The normalized spacial score (nSPS) is 12.4. The molecule has 0 amide bonds. The third-order valence-electron chi connectivity index (χ3n) is 2.97. The highest BCUT2D eigenvalue weighted by Crippen LogP contribution is 2.26. The molecule has 0 bridgehead atoms. The van der Waals surface area contributed by atoms with Crippen molar-refractivity contribution in [2.24, 2.45) is 0 Å². The highest BCUT2D eigenvalue weighted by atomic mass is 35.5. The van der Waals surface area contributed by atoms with Gasteiger partial charge in [-0.05, 0) is 37.7 Å². The molecule has 0 saturated heterocycles. The van der Waals surface area contributed by atoms with E-state index in [4.69, 9.17) is 11.6 Å². The number of nitrogens with one attached hydrogen (secondary N) is 1. The molecule has 1 unspecified atom stereocenters. The van der Waals surface area contributed by atoms with Gasteiger partial charge < -0.3 is 5.32 Å². The minimum absolute atomic E-state index is 0.190. The van der Waals surface area contributed by atoms with Crippen molar-refractivity contribution in [1.29, 1.82) is 0 Å². The summed E-state index contributed by atoms with van der Waals surface area (Å²) in [6.07, 6.45) is 0. The van der Waals surface area contributed by atoms with Crippen LogP contribution in [0.5, 0.6) is 0 Å². The Morgan fingerprint density at radius 1 is 1.11 bits per heavy atom. The molecule has 0 aliphatic heterocycles. The lowest BCUT2D eigenvalue weighted by Gasteiger charge is -2.18. The minimum atomic E-state index is -0.251. The molecule has 0 aromatic heterocycles. The van der Waals surface area contributed by atoms with Crippen molar-refractivity contribution < 1.29 is 4.39 Å². The Hall–Kier alpha value is -1.38. The van der Waals surface area contributed by atoms with Gasteiger partial charge in [0.05, 0.1) is 6.04 Å². The summed E-state index contributed by atoms with van der Waals surface area (Å²) in [5.41, 5.74) is 2.76. The number of halogens is 2. The largest absolute Gasteiger partial charge is 0.309 e. The highest BCUT2D eigenvalue weighted by Gasteiger charge is 2.16. The molecule has 1 nitrogen and oxygen atoms in total. The Kier molecular flexibility index (Phi) is 4.00. The monoisotopic (exact) mass is 263 g/mol. The average Bonchev–Trinajstić information content (AvgIpc) is 2.37. The van der Waals surface area contributed by atoms with Gasteiger partial charge in [0.2, 0.25) is 0 Å². The molecule has 94 valence electrons. The second-order valence-corrected chi connectivity index (χ2v) is 4.73. The Labute approximate surface area is 112 Å². The number of rotatable bonds is 3. The van der Waals surface area contributed by atoms with Crippen LogP contribution in [0.2, 0.25) is 5.02 Å². The first-order valence-electron chi connectivity index (χ1n) is 5.80. The summed E-state index contributed by atoms with van der Waals surface area (Å²) in [5.74, 6) is -0.251. The zero-order valence-corrected chi connectivity index (χ0v) is 11.1. The van der Waals surface area contributed by atoms with E-state index >= 15 is 0 Å². The maximum Gasteiger partial charge on any atom is 0.128 e. The van der Waals surface area contributed by atoms with E-state index in [-0.39, 0.29) is 11.9 Å². The summed E-state index contributed by atoms with van der Waals surface area (Å²) in [6, 6.07) is 12.5. The van der Waals surface area contributed by atoms with Crippen LogP contribution in [0.25, 0.3) is 0 Å². The summed E-state index contributed by atoms with van der Waals surface area (Å²) in [4.78, 5) is 0. The summed E-state index contributed by atoms with van der Waals surface area (Å²) in [6.45, 7) is 2.03. The number of hydrogen-bond donors (Lipinski definition) is 1. The van der Waals surface area contributed by atoms with Gasteiger partial charge in [-0.15, -0.1) is 0 Å². The molecule has 0 radical (unpaired) electrons. The smallest absolute Gasteiger partial charge is 0.128 e. The Morgan fingerprint density at radius 2 is 1.78 bits per heavy atom. The number of aryl methyl sites for hydroxylation is 1. The predicted molar refractivity (Wildman–Crippen MR) is 73.5 cm³/mol. The molecule has 0 fully saturated rings. The van der Waals surface area contributed by atoms with Crippen LogP contribution in [-0.2, 0) is 0 Å². The van der Waals surface area contributed by atoms with Crippen LogP contribution in [0.15, 0.2) is 42.5 Å². The molecule has 0 spiro atoms. The Balaban J connectivity index is 2.44. The van der Waals surface area contributed by atoms with Gasteiger partial charge in [-0.2, -0.15) is 0 Å². The van der Waals surface area contributed by atoms with E-state index in [1.165, 1.54) is 11.6 Å². The molecule has 0 aliphatic carbocycles. The Bertz CT molecular complexity index is 537. The SMILES string of the molecule is CNC(c1ccc(C)cc1)c1cc(Cl)ccc1F. The number of hydrogen-bond acceptors (Lipinski definition) is 1. The fourth-order valence-corrected chi connectivity index (χ4v) is 2.18. The van der Waals surface area contributed by atoms with E-state index in [9.17, 15) is 4.39 Å². The molecule has 1 atom stereocenters. The van der Waals surface area contributed by atoms with Crippen molar-refractivity contribution in [3.05, 3.63) is 70.0 Å². The highest BCUT2D eigenvalue weighted by molar-refractivity contribution is 6.30. The first-order valence-corrected chi connectivity index (χ1v) is 6.18. The molecule has 3 heteroatoms. The van der Waals surface area contributed by atoms with E-state index in [1.54, 1.807) is 12.1 Å². The van der Waals surface area contributed by atoms with Gasteiger partial charge in [0, 0.05) is 10.6 Å². The third kappa shape index (κ3) is 2.71. The summed E-state index contributed by atoms with van der Waals surface area (Å²) in [7, 11) is 1.81. The van der Waals surface area contributed by atoms with Gasteiger partial charge in [0.1, 0.15) is 5.82 Å². The standard InChI is InChI=1S/C15H15ClFN/c1-10-3-5-11(6-4-10)15(18-2)13-9-12(16)7-8-14(13)17/h3-9,15,18H,1-2H3. The van der Waals surface area contributed by atoms with Gasteiger partial charge in [0.15, 0.2) is 0 Å². The predicted octanol–water partition coefficient (Wildman–Crippen LogP) is 4.10. The molecule has 1 N–H and O–H groups in total. The lowest BCUT2D eigenvalue weighted by atomic mass is 9.97. The van der Waals surface area contributed by atoms with E-state index in [1.807, 2.05) is 38.2 Å². The molecule has 2 rings (SSSR count). The molecular formula is C15H15ClFN. The van der Waals surface area contributed by atoms with E-state index in [0.29, 0.717) is 10.6 Å². The molecule has 0 saturated carbocycles. The van der Waals surface area contributed by atoms with Crippen molar-refractivity contribution in [2.45, 2.75) is 13.0 Å². The van der Waals surface area contributed by atoms with E-state index in [2.05, 4.69) is 5.32 Å². The van der Waals surface area contributed by atoms with E-state index in [0.717, 1.165) is 5.56 Å². The fourth-order valence-electron chi connectivity index (χ4n) is 2.00. The second kappa shape index (κ2) is 5.51. The lowest BCUT2D eigenvalue weighted by molar-refractivity contribution is 0.576. The molecule has 2 aromatic rings. The molecule has 0 heterocycles. The maximum atomic E-state index is 13.9. The molecule has 0 aliphatic rings. The van der Waals surface area contributed by atoms with Crippen molar-refractivity contribution in [3.8, 4) is 0 Å². The van der Waals surface area contributed by atoms with Crippen molar-refractivity contribution in [2.75, 3.05) is 7.05 Å². The van der Waals surface area contributed by atoms with Crippen LogP contribution in [-0.4, -0.2) is 7.05 Å². The molecule has 18 heavy (non-hydrogen) atoms. The number of benzene rings is 2. The van der Waals surface area contributed by atoms with Crippen LogP contribution in [0.4, 0.5) is 4.39 Å². The van der Waals surface area contributed by atoms with Crippen LogP contribution in [0.1, 0.15) is 22.7 Å². The quantitative estimate of drug-likeness (QED) is 0.879. The zero-order valence-electron chi connectivity index (χ0n) is 10.4. The van der Waals surface area contributed by atoms with Gasteiger partial charge in [-0.1, -0.05) is 41.4 Å². The van der Waals surface area contributed by atoms with Gasteiger partial charge in [-0.3, -0.25) is 0 Å². The van der Waals surface area contributed by atoms with Crippen LogP contribution in [0.3, 0.4) is 0 Å². The zero-order chi connectivity index (χ0) is 13.1. The van der Waals surface area contributed by atoms with Crippen LogP contribution < -0.4 is 5.32 Å². The fraction of sp³-hybridized carbons (Fsp3) is 0.200. The van der Waals surface area contributed by atoms with E-state index < -0.39 is 0 Å². The van der Waals surface area contributed by atoms with Gasteiger partial charge in [0.25, 0.3) is 0 Å². The lowest BCUT2D eigenvalue weighted by Crippen LogP contribution is -2.18. The van der Waals surface area contributed by atoms with Crippen LogP contribution in [0, 0.1) is 12.7 Å². The second-order valence-electron chi connectivity index (χ2n) is 4.30. The summed E-state index contributed by atoms with van der Waals surface area (Å²) < 4.78 is 13.9. The average molecular weight is 264 g/mol. The molecule has 2 aromatic carbocycles. The first kappa shape index (κ1) is 13.1. The summed E-state index contributed by atoms with van der Waals surface area (Å²) >= 11 is 5.94. The maximum absolute atomic E-state index is 13.9. The summed E-state index contributed by atoms with van der Waals surface area (Å²) in [5, 5.41) is 3.66. The van der Waals surface area contributed by atoms with Gasteiger partial charge in [-0.25, -0.2) is 4.39 Å². The van der Waals surface area contributed by atoms with Crippen molar-refractivity contribution in [1.82, 2.24) is 5.32 Å². The van der Waals surface area contributed by atoms with Crippen molar-refractivity contribution in [3.63, 3.8) is 0 Å². The third-order valence-corrected chi connectivity index (χ3v) is 3.20. The molecular weight excluding hydrogens is 249 g/mol. The van der Waals surface area contributed by atoms with Gasteiger partial charge >= 0.3 is 0 Å². The first-order chi connectivity index (χ1) is 8.61. The van der Waals surface area contributed by atoms with Crippen molar-refractivity contribution >= 4 is 11.6 Å².